The van der Waals surface area contributed by atoms with Crippen LogP contribution in [-0.4, -0.2) is 11.1 Å². The van der Waals surface area contributed by atoms with Crippen LogP contribution in [0.25, 0.3) is 0 Å². The summed E-state index contributed by atoms with van der Waals surface area (Å²) in [5.41, 5.74) is 9.43. The zero-order chi connectivity index (χ0) is 13.9. The smallest absolute Gasteiger partial charge is 0.303 e. The van der Waals surface area contributed by atoms with E-state index >= 15 is 0 Å². The zero-order valence-corrected chi connectivity index (χ0v) is 11.7. The van der Waals surface area contributed by atoms with Crippen molar-refractivity contribution in [3.8, 4) is 0 Å². The van der Waals surface area contributed by atoms with Gasteiger partial charge in [-0.2, -0.15) is 0 Å². The van der Waals surface area contributed by atoms with Gasteiger partial charge in [-0.25, -0.2) is 0 Å². The van der Waals surface area contributed by atoms with Crippen LogP contribution in [0.15, 0.2) is 18.2 Å². The third kappa shape index (κ3) is 4.15. The minimum atomic E-state index is -0.771. The third-order valence-electron chi connectivity index (χ3n) is 3.23. The first kappa shape index (κ1) is 14.7. The van der Waals surface area contributed by atoms with Gasteiger partial charge in [0.15, 0.2) is 0 Å². The van der Waals surface area contributed by atoms with Crippen LogP contribution >= 0.6 is 0 Å². The summed E-state index contributed by atoms with van der Waals surface area (Å²) < 4.78 is 0. The van der Waals surface area contributed by atoms with E-state index in [1.54, 1.807) is 0 Å². The van der Waals surface area contributed by atoms with Crippen LogP contribution in [0.2, 0.25) is 0 Å². The molecule has 1 rings (SSSR count). The van der Waals surface area contributed by atoms with E-state index in [9.17, 15) is 4.79 Å². The average molecular weight is 249 g/mol. The highest BCUT2D eigenvalue weighted by molar-refractivity contribution is 5.67. The largest absolute Gasteiger partial charge is 0.481 e. The molecule has 0 radical (unpaired) electrons. The Morgan fingerprint density at radius 1 is 1.39 bits per heavy atom. The van der Waals surface area contributed by atoms with Crippen molar-refractivity contribution < 1.29 is 9.90 Å². The summed E-state index contributed by atoms with van der Waals surface area (Å²) in [7, 11) is 0. The average Bonchev–Trinajstić information content (AvgIpc) is 2.13. The molecule has 0 fully saturated rings. The van der Waals surface area contributed by atoms with Crippen molar-refractivity contribution >= 4 is 5.97 Å². The molecule has 1 aromatic rings. The van der Waals surface area contributed by atoms with Gasteiger partial charge in [0.2, 0.25) is 0 Å². The van der Waals surface area contributed by atoms with Gasteiger partial charge in [0, 0.05) is 6.04 Å². The van der Waals surface area contributed by atoms with E-state index < -0.39 is 5.97 Å². The number of rotatable bonds is 5. The Hall–Kier alpha value is -1.35. The molecular formula is C15H23NO2. The molecule has 0 saturated carbocycles. The molecule has 3 nitrogen and oxygen atoms in total. The summed E-state index contributed by atoms with van der Waals surface area (Å²) in [6.07, 6.45) is 0.814. The Kier molecular flexibility index (Phi) is 4.52. The van der Waals surface area contributed by atoms with Gasteiger partial charge in [0.1, 0.15) is 0 Å². The molecule has 0 heterocycles. The van der Waals surface area contributed by atoms with Crippen molar-refractivity contribution in [1.82, 2.24) is 0 Å². The van der Waals surface area contributed by atoms with Gasteiger partial charge in [-0.1, -0.05) is 37.6 Å². The van der Waals surface area contributed by atoms with Gasteiger partial charge in [0.25, 0.3) is 0 Å². The Balaban J connectivity index is 2.81. The molecule has 100 valence electrons. The molecule has 1 atom stereocenters. The number of benzene rings is 1. The molecule has 0 spiro atoms. The lowest BCUT2D eigenvalue weighted by atomic mass is 9.80. The van der Waals surface area contributed by atoms with Gasteiger partial charge in [0.05, 0.1) is 6.42 Å². The van der Waals surface area contributed by atoms with E-state index in [1.807, 2.05) is 32.9 Å². The molecule has 3 N–H and O–H groups in total. The lowest BCUT2D eigenvalue weighted by molar-refractivity contribution is -0.139. The second-order valence-electron chi connectivity index (χ2n) is 5.91. The molecule has 1 unspecified atom stereocenters. The number of nitrogens with two attached hydrogens (primary N) is 1. The van der Waals surface area contributed by atoms with Crippen molar-refractivity contribution in [3.05, 3.63) is 34.9 Å². The number of carboxylic acid groups (broad SMARTS) is 1. The first-order valence-corrected chi connectivity index (χ1v) is 6.26. The Morgan fingerprint density at radius 2 is 2.00 bits per heavy atom. The fourth-order valence-electron chi connectivity index (χ4n) is 2.43. The number of carboxylic acids is 1. The fraction of sp³-hybridized carbons (Fsp3) is 0.533. The van der Waals surface area contributed by atoms with Crippen LogP contribution in [0, 0.1) is 19.3 Å². The Labute approximate surface area is 109 Å². The third-order valence-corrected chi connectivity index (χ3v) is 3.23. The summed E-state index contributed by atoms with van der Waals surface area (Å²) in [4.78, 5) is 10.8. The maximum Gasteiger partial charge on any atom is 0.303 e. The van der Waals surface area contributed by atoms with Crippen molar-refractivity contribution in [2.24, 2.45) is 11.1 Å². The molecule has 0 aliphatic rings. The zero-order valence-electron chi connectivity index (χ0n) is 11.7. The predicted molar refractivity (Wildman–Crippen MR) is 73.5 cm³/mol. The standard InChI is InChI=1S/C15H23NO2/c1-10-5-6-12(11(2)7-10)13(16)8-15(3,4)9-14(17)18/h5-7,13H,8-9,16H2,1-4H3,(H,17,18). The minimum absolute atomic E-state index is 0.111. The highest BCUT2D eigenvalue weighted by Crippen LogP contribution is 2.32. The second kappa shape index (κ2) is 5.53. The van der Waals surface area contributed by atoms with Crippen LogP contribution in [0.3, 0.4) is 0 Å². The number of hydrogen-bond donors (Lipinski definition) is 2. The summed E-state index contributed by atoms with van der Waals surface area (Å²) in [5.74, 6) is -0.771. The van der Waals surface area contributed by atoms with Gasteiger partial charge in [-0.3, -0.25) is 4.79 Å². The molecule has 18 heavy (non-hydrogen) atoms. The van der Waals surface area contributed by atoms with Crippen molar-refractivity contribution in [2.45, 2.75) is 46.6 Å². The lowest BCUT2D eigenvalue weighted by Crippen LogP contribution is -2.24. The van der Waals surface area contributed by atoms with Crippen molar-refractivity contribution in [2.75, 3.05) is 0 Å². The van der Waals surface area contributed by atoms with E-state index in [0.717, 1.165) is 5.56 Å². The molecule has 0 aliphatic carbocycles. The molecule has 0 amide bonds. The minimum Gasteiger partial charge on any atom is -0.481 e. The molecule has 0 bridgehead atoms. The molecule has 0 aromatic heterocycles. The molecule has 0 aliphatic heterocycles. The van der Waals surface area contributed by atoms with Crippen LogP contribution < -0.4 is 5.73 Å². The summed E-state index contributed by atoms with van der Waals surface area (Å²) in [6, 6.07) is 6.10. The maximum absolute atomic E-state index is 10.8. The number of carbonyl (C=O) groups is 1. The summed E-state index contributed by atoms with van der Waals surface area (Å²) in [5, 5.41) is 8.88. The van der Waals surface area contributed by atoms with E-state index in [0.29, 0.717) is 6.42 Å². The predicted octanol–water partition coefficient (Wildman–Crippen LogP) is 3.19. The van der Waals surface area contributed by atoms with E-state index in [4.69, 9.17) is 10.8 Å². The number of aliphatic carboxylic acids is 1. The normalized spacial score (nSPS) is 13.4. The number of hydrogen-bond acceptors (Lipinski definition) is 2. The summed E-state index contributed by atoms with van der Waals surface area (Å²) in [6.45, 7) is 8.00. The maximum atomic E-state index is 10.8. The van der Waals surface area contributed by atoms with Gasteiger partial charge < -0.3 is 10.8 Å². The molecule has 1 aromatic carbocycles. The molecule has 3 heteroatoms. The van der Waals surface area contributed by atoms with Crippen LogP contribution in [0.4, 0.5) is 0 Å². The lowest BCUT2D eigenvalue weighted by Gasteiger charge is -2.27. The monoisotopic (exact) mass is 249 g/mol. The highest BCUT2D eigenvalue weighted by Gasteiger charge is 2.25. The number of aryl methyl sites for hydroxylation is 2. The van der Waals surface area contributed by atoms with Crippen LogP contribution in [-0.2, 0) is 4.79 Å². The Morgan fingerprint density at radius 3 is 2.50 bits per heavy atom. The molecular weight excluding hydrogens is 226 g/mol. The van der Waals surface area contributed by atoms with Crippen molar-refractivity contribution in [3.63, 3.8) is 0 Å². The highest BCUT2D eigenvalue weighted by atomic mass is 16.4. The molecule has 0 saturated heterocycles. The van der Waals surface area contributed by atoms with Gasteiger partial charge in [-0.15, -0.1) is 0 Å². The van der Waals surface area contributed by atoms with E-state index in [1.165, 1.54) is 11.1 Å². The van der Waals surface area contributed by atoms with E-state index in [2.05, 4.69) is 13.0 Å². The topological polar surface area (TPSA) is 63.3 Å². The van der Waals surface area contributed by atoms with Gasteiger partial charge >= 0.3 is 5.97 Å². The van der Waals surface area contributed by atoms with Crippen LogP contribution in [0.1, 0.15) is 49.4 Å². The summed E-state index contributed by atoms with van der Waals surface area (Å²) >= 11 is 0. The quantitative estimate of drug-likeness (QED) is 0.842. The Bertz CT molecular complexity index is 438. The SMILES string of the molecule is Cc1ccc(C(N)CC(C)(C)CC(=O)O)c(C)c1. The van der Waals surface area contributed by atoms with Crippen LogP contribution in [0.5, 0.6) is 0 Å². The fourth-order valence-corrected chi connectivity index (χ4v) is 2.43. The first-order valence-electron chi connectivity index (χ1n) is 6.26. The van der Waals surface area contributed by atoms with Gasteiger partial charge in [-0.05, 0) is 36.8 Å². The van der Waals surface area contributed by atoms with E-state index in [-0.39, 0.29) is 17.9 Å². The van der Waals surface area contributed by atoms with Crippen molar-refractivity contribution in [1.29, 1.82) is 0 Å². The first-order chi connectivity index (χ1) is 8.21. The second-order valence-corrected chi connectivity index (χ2v) is 5.91.